The van der Waals surface area contributed by atoms with Crippen LogP contribution in [0.4, 0.5) is 10.8 Å². The summed E-state index contributed by atoms with van der Waals surface area (Å²) in [5.74, 6) is 0.314. The lowest BCUT2D eigenvalue weighted by molar-refractivity contribution is 0.0134. The molecule has 92 valence electrons. The molecular weight excluding hydrogens is 236 g/mol. The first-order valence-corrected chi connectivity index (χ1v) is 6.59. The Bertz CT molecular complexity index is 406. The molecular formula is C11H16N4OS. The number of nitriles is 1. The second-order valence-electron chi connectivity index (χ2n) is 4.09. The summed E-state index contributed by atoms with van der Waals surface area (Å²) < 4.78 is 9.59. The number of nitrogens with zero attached hydrogens (tertiary/aromatic N) is 2. The summed E-state index contributed by atoms with van der Waals surface area (Å²) in [6, 6.07) is 2.06. The normalized spacial score (nSPS) is 19.8. The van der Waals surface area contributed by atoms with Crippen LogP contribution in [-0.4, -0.2) is 23.6 Å². The van der Waals surface area contributed by atoms with Crippen LogP contribution in [0.3, 0.4) is 0 Å². The van der Waals surface area contributed by atoms with Crippen molar-refractivity contribution in [2.75, 3.05) is 24.2 Å². The largest absolute Gasteiger partial charge is 0.382 e. The van der Waals surface area contributed by atoms with Gasteiger partial charge in [0.05, 0.1) is 6.10 Å². The van der Waals surface area contributed by atoms with Gasteiger partial charge in [-0.3, -0.25) is 0 Å². The van der Waals surface area contributed by atoms with Crippen LogP contribution in [-0.2, 0) is 4.74 Å². The number of nitrogens with one attached hydrogen (secondary N) is 1. The van der Waals surface area contributed by atoms with Gasteiger partial charge in [-0.15, -0.1) is 0 Å². The highest BCUT2D eigenvalue weighted by Gasteiger charge is 2.14. The number of aromatic nitrogens is 1. The maximum atomic E-state index is 8.91. The molecule has 0 spiro atoms. The van der Waals surface area contributed by atoms with Crippen molar-refractivity contribution in [3.8, 4) is 6.07 Å². The molecule has 0 aromatic carbocycles. The van der Waals surface area contributed by atoms with Crippen molar-refractivity contribution in [2.24, 2.45) is 0 Å². The van der Waals surface area contributed by atoms with E-state index in [1.54, 1.807) is 0 Å². The van der Waals surface area contributed by atoms with E-state index in [1.807, 2.05) is 0 Å². The number of hydrogen-bond acceptors (Lipinski definition) is 6. The summed E-state index contributed by atoms with van der Waals surface area (Å²) >= 11 is 1.24. The van der Waals surface area contributed by atoms with Crippen LogP contribution in [0.1, 0.15) is 31.2 Å². The first kappa shape index (κ1) is 12.1. The summed E-state index contributed by atoms with van der Waals surface area (Å²) in [7, 11) is 0. The van der Waals surface area contributed by atoms with E-state index < -0.39 is 0 Å². The Balaban J connectivity index is 1.79. The summed E-state index contributed by atoms with van der Waals surface area (Å²) in [6.45, 7) is 1.67. The van der Waals surface area contributed by atoms with Gasteiger partial charge in [0.15, 0.2) is 5.82 Å². The van der Waals surface area contributed by atoms with Crippen molar-refractivity contribution in [3.63, 3.8) is 0 Å². The van der Waals surface area contributed by atoms with E-state index in [2.05, 4.69) is 15.8 Å². The van der Waals surface area contributed by atoms with Crippen molar-refractivity contribution in [2.45, 2.75) is 31.8 Å². The van der Waals surface area contributed by atoms with Gasteiger partial charge in [0.2, 0.25) is 0 Å². The fourth-order valence-corrected chi connectivity index (χ4v) is 2.60. The Morgan fingerprint density at radius 1 is 1.59 bits per heavy atom. The number of ether oxygens (including phenoxy) is 1. The lowest BCUT2D eigenvalue weighted by atomic mass is 10.1. The highest BCUT2D eigenvalue weighted by Crippen LogP contribution is 2.25. The van der Waals surface area contributed by atoms with Crippen molar-refractivity contribution >= 4 is 22.4 Å². The van der Waals surface area contributed by atoms with Gasteiger partial charge in [-0.2, -0.15) is 9.64 Å². The molecule has 1 saturated heterocycles. The number of nitrogens with two attached hydrogens (primary N) is 1. The zero-order chi connectivity index (χ0) is 12.1. The molecule has 5 nitrogen and oxygen atoms in total. The van der Waals surface area contributed by atoms with E-state index in [0.29, 0.717) is 17.5 Å². The van der Waals surface area contributed by atoms with Crippen molar-refractivity contribution in [1.82, 2.24) is 4.37 Å². The van der Waals surface area contributed by atoms with E-state index in [1.165, 1.54) is 24.4 Å². The number of anilines is 2. The zero-order valence-electron chi connectivity index (χ0n) is 9.61. The molecule has 3 N–H and O–H groups in total. The Morgan fingerprint density at radius 3 is 3.18 bits per heavy atom. The van der Waals surface area contributed by atoms with Gasteiger partial charge in [0, 0.05) is 13.2 Å². The molecule has 1 unspecified atom stereocenters. The summed E-state index contributed by atoms with van der Waals surface area (Å²) in [6.07, 6.45) is 4.88. The van der Waals surface area contributed by atoms with Crippen molar-refractivity contribution in [3.05, 3.63) is 5.56 Å². The smallest absolute Gasteiger partial charge is 0.157 e. The molecule has 1 aliphatic rings. The molecule has 0 aliphatic carbocycles. The first-order chi connectivity index (χ1) is 8.31. The van der Waals surface area contributed by atoms with Crippen LogP contribution < -0.4 is 11.1 Å². The molecule has 0 radical (unpaired) electrons. The molecule has 2 heterocycles. The summed E-state index contributed by atoms with van der Waals surface area (Å²) in [4.78, 5) is 0. The van der Waals surface area contributed by atoms with Crippen LogP contribution in [0.2, 0.25) is 0 Å². The molecule has 1 aromatic rings. The van der Waals surface area contributed by atoms with Gasteiger partial charge in [0.1, 0.15) is 16.6 Å². The zero-order valence-corrected chi connectivity index (χ0v) is 10.4. The minimum atomic E-state index is 0.314. The fraction of sp³-hybridized carbons (Fsp3) is 0.636. The summed E-state index contributed by atoms with van der Waals surface area (Å²) in [5, 5.41) is 12.9. The fourth-order valence-electron chi connectivity index (χ4n) is 1.91. The third kappa shape index (κ3) is 3.08. The average molecular weight is 252 g/mol. The maximum Gasteiger partial charge on any atom is 0.157 e. The second kappa shape index (κ2) is 5.84. The van der Waals surface area contributed by atoms with E-state index in [9.17, 15) is 0 Å². The van der Waals surface area contributed by atoms with Crippen LogP contribution in [0.15, 0.2) is 0 Å². The highest BCUT2D eigenvalue weighted by molar-refractivity contribution is 7.10. The molecule has 1 aromatic heterocycles. The van der Waals surface area contributed by atoms with Crippen LogP contribution >= 0.6 is 11.5 Å². The van der Waals surface area contributed by atoms with Gasteiger partial charge < -0.3 is 15.8 Å². The van der Waals surface area contributed by atoms with Gasteiger partial charge in [-0.05, 0) is 37.2 Å². The van der Waals surface area contributed by atoms with E-state index in [0.717, 1.165) is 31.0 Å². The molecule has 17 heavy (non-hydrogen) atoms. The molecule has 1 atom stereocenters. The third-order valence-corrected chi connectivity index (χ3v) is 3.68. The van der Waals surface area contributed by atoms with Crippen LogP contribution in [0.25, 0.3) is 0 Å². The van der Waals surface area contributed by atoms with Crippen molar-refractivity contribution < 1.29 is 4.74 Å². The Morgan fingerprint density at radius 2 is 2.47 bits per heavy atom. The van der Waals surface area contributed by atoms with Gasteiger partial charge in [-0.1, -0.05) is 0 Å². The van der Waals surface area contributed by atoms with Crippen LogP contribution in [0.5, 0.6) is 0 Å². The Labute approximate surface area is 105 Å². The molecule has 1 aliphatic heterocycles. The Hall–Kier alpha value is -1.32. The molecule has 1 fully saturated rings. The monoisotopic (exact) mass is 252 g/mol. The standard InChI is InChI=1S/C11H16N4OS/c12-7-9-10(13)15-17-11(9)14-5-4-8-3-1-2-6-16-8/h8,14H,1-6H2,(H2,13,15). The van der Waals surface area contributed by atoms with E-state index in [-0.39, 0.29) is 0 Å². The predicted octanol–water partition coefficient (Wildman–Crippen LogP) is 1.97. The molecule has 0 amide bonds. The van der Waals surface area contributed by atoms with Gasteiger partial charge in [0.25, 0.3) is 0 Å². The molecule has 0 bridgehead atoms. The minimum absolute atomic E-state index is 0.314. The number of hydrogen-bond donors (Lipinski definition) is 2. The lowest BCUT2D eigenvalue weighted by Crippen LogP contribution is -2.21. The summed E-state index contributed by atoms with van der Waals surface area (Å²) in [5.41, 5.74) is 6.04. The van der Waals surface area contributed by atoms with Crippen LogP contribution in [0, 0.1) is 11.3 Å². The van der Waals surface area contributed by atoms with Gasteiger partial charge in [-0.25, -0.2) is 0 Å². The second-order valence-corrected chi connectivity index (χ2v) is 4.86. The Kier molecular flexibility index (Phi) is 4.18. The predicted molar refractivity (Wildman–Crippen MR) is 67.9 cm³/mol. The van der Waals surface area contributed by atoms with E-state index in [4.69, 9.17) is 15.7 Å². The minimum Gasteiger partial charge on any atom is -0.382 e. The quantitative estimate of drug-likeness (QED) is 0.855. The first-order valence-electron chi connectivity index (χ1n) is 5.82. The molecule has 2 rings (SSSR count). The third-order valence-electron chi connectivity index (χ3n) is 2.86. The highest BCUT2D eigenvalue weighted by atomic mass is 32.1. The van der Waals surface area contributed by atoms with Gasteiger partial charge >= 0.3 is 0 Å². The topological polar surface area (TPSA) is 84.0 Å². The lowest BCUT2D eigenvalue weighted by Gasteiger charge is -2.22. The van der Waals surface area contributed by atoms with Crippen molar-refractivity contribution in [1.29, 1.82) is 5.26 Å². The average Bonchev–Trinajstić information content (AvgIpc) is 2.71. The molecule has 6 heteroatoms. The molecule has 0 saturated carbocycles. The van der Waals surface area contributed by atoms with E-state index >= 15 is 0 Å². The maximum absolute atomic E-state index is 8.91. The number of rotatable bonds is 4. The number of nitrogen functional groups attached to an aromatic ring is 1. The SMILES string of the molecule is N#Cc1c(N)nsc1NCCC1CCCCO1.